The summed E-state index contributed by atoms with van der Waals surface area (Å²) in [6.45, 7) is 3.66. The molecule has 3 rings (SSSR count). The number of carbonyl (C=O) groups excluding carboxylic acids is 1. The van der Waals surface area contributed by atoms with Crippen molar-refractivity contribution in [3.63, 3.8) is 0 Å². The number of aromatic nitrogens is 2. The molecule has 1 saturated heterocycles. The molecule has 0 aliphatic carbocycles. The van der Waals surface area contributed by atoms with Crippen molar-refractivity contribution in [1.82, 2.24) is 19.2 Å². The predicted molar refractivity (Wildman–Crippen MR) is 92.2 cm³/mol. The van der Waals surface area contributed by atoms with Crippen LogP contribution in [0, 0.1) is 0 Å². The van der Waals surface area contributed by atoms with Crippen LogP contribution in [0.15, 0.2) is 18.2 Å². The number of carbonyl (C=O) groups is 1. The fraction of sp³-hybridized carbons (Fsp3) is 0.500. The molecule has 7 nitrogen and oxygen atoms in total. The van der Waals surface area contributed by atoms with Crippen molar-refractivity contribution in [2.24, 2.45) is 0 Å². The van der Waals surface area contributed by atoms with Gasteiger partial charge in [0, 0.05) is 32.6 Å². The largest absolute Gasteiger partial charge is 0.342 e. The number of aryl methyl sites for hydroxylation is 1. The number of fused-ring (bicyclic) bond motifs is 1. The first kappa shape index (κ1) is 16.9. The highest BCUT2D eigenvalue weighted by molar-refractivity contribution is 7.88. The Kier molecular flexibility index (Phi) is 4.60. The van der Waals surface area contributed by atoms with Crippen molar-refractivity contribution >= 4 is 27.0 Å². The molecule has 1 amide bonds. The Morgan fingerprint density at radius 3 is 2.58 bits per heavy atom. The number of piperazine rings is 1. The van der Waals surface area contributed by atoms with Gasteiger partial charge in [-0.25, -0.2) is 13.4 Å². The fourth-order valence-corrected chi connectivity index (χ4v) is 3.77. The van der Waals surface area contributed by atoms with Crippen LogP contribution in [0.2, 0.25) is 0 Å². The number of nitrogens with one attached hydrogen (secondary N) is 1. The first-order chi connectivity index (χ1) is 11.4. The number of aromatic amines is 1. The van der Waals surface area contributed by atoms with Crippen LogP contribution in [-0.4, -0.2) is 65.9 Å². The topological polar surface area (TPSA) is 86.4 Å². The summed E-state index contributed by atoms with van der Waals surface area (Å²) in [5.41, 5.74) is 2.79. The van der Waals surface area contributed by atoms with E-state index in [9.17, 15) is 13.2 Å². The molecule has 8 heteroatoms. The molecular weight excluding hydrogens is 328 g/mol. The predicted octanol–water partition coefficient (Wildman–Crippen LogP) is 0.772. The first-order valence-electron chi connectivity index (χ1n) is 8.07. The molecule has 0 spiro atoms. The Hall–Kier alpha value is -1.93. The zero-order chi connectivity index (χ0) is 17.3. The average molecular weight is 350 g/mol. The second kappa shape index (κ2) is 6.52. The van der Waals surface area contributed by atoms with Crippen LogP contribution in [0.4, 0.5) is 0 Å². The first-order valence-corrected chi connectivity index (χ1v) is 9.92. The summed E-state index contributed by atoms with van der Waals surface area (Å²) in [7, 11) is -3.17. The van der Waals surface area contributed by atoms with Crippen LogP contribution in [0.25, 0.3) is 11.0 Å². The van der Waals surface area contributed by atoms with Crippen molar-refractivity contribution in [3.8, 4) is 0 Å². The third-order valence-electron chi connectivity index (χ3n) is 4.35. The molecule has 1 aliphatic rings. The second-order valence-electron chi connectivity index (χ2n) is 6.11. The van der Waals surface area contributed by atoms with Gasteiger partial charge in [0.05, 0.1) is 23.7 Å². The van der Waals surface area contributed by atoms with Gasteiger partial charge in [-0.15, -0.1) is 0 Å². The van der Waals surface area contributed by atoms with E-state index in [1.54, 1.807) is 4.90 Å². The monoisotopic (exact) mass is 350 g/mol. The van der Waals surface area contributed by atoms with Crippen molar-refractivity contribution in [3.05, 3.63) is 29.6 Å². The van der Waals surface area contributed by atoms with E-state index in [2.05, 4.69) is 9.97 Å². The number of hydrogen-bond acceptors (Lipinski definition) is 4. The molecule has 0 unspecified atom stereocenters. The smallest absolute Gasteiger partial charge is 0.227 e. The van der Waals surface area contributed by atoms with E-state index >= 15 is 0 Å². The lowest BCUT2D eigenvalue weighted by molar-refractivity contribution is -0.131. The van der Waals surface area contributed by atoms with Crippen LogP contribution in [0.5, 0.6) is 0 Å². The van der Waals surface area contributed by atoms with Crippen LogP contribution >= 0.6 is 0 Å². The molecule has 130 valence electrons. The van der Waals surface area contributed by atoms with Crippen molar-refractivity contribution in [2.75, 3.05) is 32.4 Å². The molecule has 1 aromatic heterocycles. The molecule has 24 heavy (non-hydrogen) atoms. The Labute approximate surface area is 141 Å². The third-order valence-corrected chi connectivity index (χ3v) is 5.65. The van der Waals surface area contributed by atoms with E-state index in [-0.39, 0.29) is 5.91 Å². The van der Waals surface area contributed by atoms with Gasteiger partial charge in [-0.2, -0.15) is 4.31 Å². The maximum atomic E-state index is 12.5. The van der Waals surface area contributed by atoms with Gasteiger partial charge in [-0.05, 0) is 17.7 Å². The number of nitrogens with zero attached hydrogens (tertiary/aromatic N) is 3. The summed E-state index contributed by atoms with van der Waals surface area (Å²) in [5, 5.41) is 0. The maximum Gasteiger partial charge on any atom is 0.227 e. The van der Waals surface area contributed by atoms with E-state index < -0.39 is 10.0 Å². The normalized spacial score (nSPS) is 16.7. The Bertz CT molecular complexity index is 851. The van der Waals surface area contributed by atoms with Gasteiger partial charge in [0.25, 0.3) is 0 Å². The number of rotatable bonds is 4. The van der Waals surface area contributed by atoms with Gasteiger partial charge in [-0.3, -0.25) is 4.79 Å². The summed E-state index contributed by atoms with van der Waals surface area (Å²) in [6.07, 6.45) is 2.36. The van der Waals surface area contributed by atoms with E-state index in [0.717, 1.165) is 28.8 Å². The number of amides is 1. The van der Waals surface area contributed by atoms with Gasteiger partial charge >= 0.3 is 0 Å². The van der Waals surface area contributed by atoms with Crippen LogP contribution in [0.1, 0.15) is 18.3 Å². The zero-order valence-electron chi connectivity index (χ0n) is 13.9. The minimum Gasteiger partial charge on any atom is -0.342 e. The maximum absolute atomic E-state index is 12.5. The Morgan fingerprint density at radius 2 is 1.96 bits per heavy atom. The SMILES string of the molecule is CCc1nc2ccc(CC(=O)N3CCN(S(C)(=O)=O)CC3)cc2[nH]1. The number of H-pyrrole nitrogens is 1. The van der Waals surface area contributed by atoms with Gasteiger partial charge in [0.1, 0.15) is 5.82 Å². The van der Waals surface area contributed by atoms with E-state index in [1.165, 1.54) is 10.6 Å². The number of sulfonamides is 1. The van der Waals surface area contributed by atoms with E-state index in [1.807, 2.05) is 25.1 Å². The molecule has 0 radical (unpaired) electrons. The van der Waals surface area contributed by atoms with Crippen molar-refractivity contribution in [1.29, 1.82) is 0 Å². The molecule has 1 N–H and O–H groups in total. The van der Waals surface area contributed by atoms with Crippen LogP contribution in [0.3, 0.4) is 0 Å². The summed E-state index contributed by atoms with van der Waals surface area (Å²) in [5.74, 6) is 0.961. The summed E-state index contributed by atoms with van der Waals surface area (Å²) in [4.78, 5) is 21.9. The Morgan fingerprint density at radius 1 is 1.25 bits per heavy atom. The number of imidazole rings is 1. The lowest BCUT2D eigenvalue weighted by atomic mass is 10.1. The highest BCUT2D eigenvalue weighted by Gasteiger charge is 2.25. The molecule has 1 fully saturated rings. The highest BCUT2D eigenvalue weighted by Crippen LogP contribution is 2.16. The molecule has 2 aromatic rings. The van der Waals surface area contributed by atoms with Crippen molar-refractivity contribution in [2.45, 2.75) is 19.8 Å². The summed E-state index contributed by atoms with van der Waals surface area (Å²) >= 11 is 0. The molecule has 1 aromatic carbocycles. The minimum absolute atomic E-state index is 0.0257. The second-order valence-corrected chi connectivity index (χ2v) is 8.09. The van der Waals surface area contributed by atoms with Gasteiger partial charge < -0.3 is 9.88 Å². The lowest BCUT2D eigenvalue weighted by Gasteiger charge is -2.33. The van der Waals surface area contributed by atoms with Gasteiger partial charge in [-0.1, -0.05) is 13.0 Å². The van der Waals surface area contributed by atoms with Crippen LogP contribution < -0.4 is 0 Å². The van der Waals surface area contributed by atoms with Gasteiger partial charge in [0.15, 0.2) is 0 Å². The van der Waals surface area contributed by atoms with E-state index in [4.69, 9.17) is 0 Å². The average Bonchev–Trinajstić information content (AvgIpc) is 2.96. The number of benzene rings is 1. The summed E-state index contributed by atoms with van der Waals surface area (Å²) in [6, 6.07) is 5.81. The molecular formula is C16H22N4O3S. The molecule has 0 atom stereocenters. The number of hydrogen-bond donors (Lipinski definition) is 1. The minimum atomic E-state index is -3.17. The summed E-state index contributed by atoms with van der Waals surface area (Å²) < 4.78 is 24.5. The molecule has 0 bridgehead atoms. The fourth-order valence-electron chi connectivity index (χ4n) is 2.94. The van der Waals surface area contributed by atoms with Gasteiger partial charge in [0.2, 0.25) is 15.9 Å². The quantitative estimate of drug-likeness (QED) is 0.882. The van der Waals surface area contributed by atoms with Crippen LogP contribution in [-0.2, 0) is 27.7 Å². The highest BCUT2D eigenvalue weighted by atomic mass is 32.2. The van der Waals surface area contributed by atoms with E-state index in [0.29, 0.717) is 32.6 Å². The molecule has 1 aliphatic heterocycles. The molecule has 2 heterocycles. The van der Waals surface area contributed by atoms with Crippen molar-refractivity contribution < 1.29 is 13.2 Å². The lowest BCUT2D eigenvalue weighted by Crippen LogP contribution is -2.50. The third kappa shape index (κ3) is 3.59. The zero-order valence-corrected chi connectivity index (χ0v) is 14.8. The molecule has 0 saturated carbocycles. The Balaban J connectivity index is 1.65. The standard InChI is InChI=1S/C16H22N4O3S/c1-3-15-17-13-5-4-12(10-14(13)18-15)11-16(21)19-6-8-20(9-7-19)24(2,22)23/h4-5,10H,3,6-9,11H2,1-2H3,(H,17,18).